The van der Waals surface area contributed by atoms with E-state index in [-0.39, 0.29) is 18.3 Å². The molecule has 2 aromatic rings. The van der Waals surface area contributed by atoms with Crippen molar-refractivity contribution in [2.45, 2.75) is 33.0 Å². The summed E-state index contributed by atoms with van der Waals surface area (Å²) in [6, 6.07) is 5.96. The van der Waals surface area contributed by atoms with E-state index < -0.39 is 0 Å². The van der Waals surface area contributed by atoms with Crippen LogP contribution in [0.2, 0.25) is 0 Å². The van der Waals surface area contributed by atoms with Crippen LogP contribution >= 0.6 is 0 Å². The van der Waals surface area contributed by atoms with Crippen molar-refractivity contribution < 1.29 is 9.18 Å². The molecule has 0 saturated carbocycles. The van der Waals surface area contributed by atoms with E-state index in [4.69, 9.17) is 0 Å². The number of carbonyl (C=O) groups excluding carboxylic acids is 1. The van der Waals surface area contributed by atoms with Gasteiger partial charge in [-0.2, -0.15) is 0 Å². The summed E-state index contributed by atoms with van der Waals surface area (Å²) >= 11 is 0. The lowest BCUT2D eigenvalue weighted by Gasteiger charge is -2.05. The fourth-order valence-corrected chi connectivity index (χ4v) is 1.69. The summed E-state index contributed by atoms with van der Waals surface area (Å²) in [7, 11) is 0. The van der Waals surface area contributed by atoms with Crippen molar-refractivity contribution >= 4 is 11.6 Å². The van der Waals surface area contributed by atoms with Gasteiger partial charge in [0.2, 0.25) is 5.91 Å². The topological polar surface area (TPSA) is 71.8 Å². The Morgan fingerprint density at radius 3 is 2.71 bits per heavy atom. The number of nitrogens with zero attached hydrogens (tertiary/aromatic N) is 3. The molecule has 0 aliphatic heterocycles. The second kappa shape index (κ2) is 6.94. The van der Waals surface area contributed by atoms with Crippen LogP contribution in [-0.2, 0) is 17.9 Å². The second-order valence-corrected chi connectivity index (χ2v) is 5.00. The first kappa shape index (κ1) is 15.1. The molecule has 0 atom stereocenters. The highest BCUT2D eigenvalue weighted by Crippen LogP contribution is 2.08. The fraction of sp³-hybridized carbons (Fsp3) is 0.357. The second-order valence-electron chi connectivity index (χ2n) is 5.00. The van der Waals surface area contributed by atoms with Crippen LogP contribution in [-0.4, -0.2) is 26.9 Å². The summed E-state index contributed by atoms with van der Waals surface area (Å²) in [5.74, 6) is -0.582. The number of halogens is 1. The average Bonchev–Trinajstić information content (AvgIpc) is 2.86. The Kier molecular flexibility index (Phi) is 4.99. The van der Waals surface area contributed by atoms with Gasteiger partial charge in [0.15, 0.2) is 0 Å². The fourth-order valence-electron chi connectivity index (χ4n) is 1.69. The van der Waals surface area contributed by atoms with Crippen LogP contribution in [0, 0.1) is 5.82 Å². The highest BCUT2D eigenvalue weighted by Gasteiger charge is 2.07. The number of hydrogen-bond donors (Lipinski definition) is 2. The van der Waals surface area contributed by atoms with Gasteiger partial charge in [-0.3, -0.25) is 4.79 Å². The number of benzene rings is 1. The van der Waals surface area contributed by atoms with Gasteiger partial charge in [0.1, 0.15) is 12.4 Å². The van der Waals surface area contributed by atoms with Crippen molar-refractivity contribution in [3.8, 4) is 0 Å². The summed E-state index contributed by atoms with van der Waals surface area (Å²) < 4.78 is 14.2. The minimum Gasteiger partial charge on any atom is -0.324 e. The molecule has 21 heavy (non-hydrogen) atoms. The summed E-state index contributed by atoms with van der Waals surface area (Å²) in [6.45, 7) is 4.75. The van der Waals surface area contributed by atoms with Crippen molar-refractivity contribution in [2.24, 2.45) is 0 Å². The van der Waals surface area contributed by atoms with Crippen molar-refractivity contribution in [1.29, 1.82) is 0 Å². The van der Waals surface area contributed by atoms with Gasteiger partial charge in [-0.1, -0.05) is 19.1 Å². The van der Waals surface area contributed by atoms with Gasteiger partial charge in [-0.05, 0) is 24.3 Å². The molecule has 0 aliphatic carbocycles. The van der Waals surface area contributed by atoms with E-state index in [1.807, 2.05) is 13.8 Å². The molecule has 0 fully saturated rings. The Hall–Kier alpha value is -2.28. The first-order valence-corrected chi connectivity index (χ1v) is 6.71. The van der Waals surface area contributed by atoms with Crippen molar-refractivity contribution in [3.63, 3.8) is 0 Å². The molecule has 0 unspecified atom stereocenters. The lowest BCUT2D eigenvalue weighted by Crippen LogP contribution is -2.22. The first-order chi connectivity index (χ1) is 10.0. The molecule has 1 heterocycles. The lowest BCUT2D eigenvalue weighted by molar-refractivity contribution is -0.116. The average molecular weight is 291 g/mol. The molecule has 0 saturated heterocycles. The number of hydrogen-bond acceptors (Lipinski definition) is 4. The molecular formula is C14H18FN5O. The zero-order valence-electron chi connectivity index (χ0n) is 12.0. The van der Waals surface area contributed by atoms with Gasteiger partial charge in [0.05, 0.1) is 11.9 Å². The van der Waals surface area contributed by atoms with Crippen LogP contribution in [0.15, 0.2) is 30.5 Å². The Labute approximate surface area is 122 Å². The Morgan fingerprint density at radius 2 is 2.05 bits per heavy atom. The molecule has 1 aromatic heterocycles. The van der Waals surface area contributed by atoms with E-state index in [1.165, 1.54) is 28.9 Å². The molecule has 0 aliphatic rings. The zero-order chi connectivity index (χ0) is 15.2. The maximum absolute atomic E-state index is 12.8. The molecule has 6 nitrogen and oxygen atoms in total. The van der Waals surface area contributed by atoms with Crippen molar-refractivity contribution in [3.05, 3.63) is 42.0 Å². The monoisotopic (exact) mass is 291 g/mol. The van der Waals surface area contributed by atoms with E-state index in [0.29, 0.717) is 18.3 Å². The van der Waals surface area contributed by atoms with Crippen molar-refractivity contribution in [2.75, 3.05) is 5.32 Å². The minimum atomic E-state index is -0.341. The predicted molar refractivity (Wildman–Crippen MR) is 77.0 cm³/mol. The molecule has 2 N–H and O–H groups in total. The largest absolute Gasteiger partial charge is 0.324 e. The number of anilines is 1. The summed E-state index contributed by atoms with van der Waals surface area (Å²) in [5, 5.41) is 13.8. The van der Waals surface area contributed by atoms with Gasteiger partial charge in [-0.25, -0.2) is 9.07 Å². The molecule has 0 radical (unpaired) electrons. The zero-order valence-corrected chi connectivity index (χ0v) is 12.0. The Bertz CT molecular complexity index is 594. The summed E-state index contributed by atoms with van der Waals surface area (Å²) in [5.41, 5.74) is 1.32. The predicted octanol–water partition coefficient (Wildman–Crippen LogP) is 1.55. The third-order valence-corrected chi connectivity index (χ3v) is 2.71. The summed E-state index contributed by atoms with van der Waals surface area (Å²) in [6.07, 6.45) is 1.72. The van der Waals surface area contributed by atoms with E-state index in [1.54, 1.807) is 6.20 Å². The van der Waals surface area contributed by atoms with Gasteiger partial charge in [0.25, 0.3) is 0 Å². The van der Waals surface area contributed by atoms with Crippen LogP contribution in [0.25, 0.3) is 0 Å². The molecule has 1 amide bonds. The standard InChI is InChI=1S/C14H18FN5O/c1-10(2)16-7-13-8-20(19-18-13)9-14(21)17-12-5-3-11(15)4-6-12/h3-6,8,10,16H,7,9H2,1-2H3,(H,17,21). The maximum Gasteiger partial charge on any atom is 0.246 e. The number of amides is 1. The van der Waals surface area contributed by atoms with Crippen LogP contribution in [0.1, 0.15) is 19.5 Å². The van der Waals surface area contributed by atoms with Crippen molar-refractivity contribution in [1.82, 2.24) is 20.3 Å². The molecule has 2 rings (SSSR count). The third kappa shape index (κ3) is 4.96. The van der Waals surface area contributed by atoms with Crippen LogP contribution in [0.3, 0.4) is 0 Å². The van der Waals surface area contributed by atoms with Gasteiger partial charge in [0, 0.05) is 18.3 Å². The van der Waals surface area contributed by atoms with E-state index in [0.717, 1.165) is 5.69 Å². The number of carbonyl (C=O) groups is 1. The smallest absolute Gasteiger partial charge is 0.246 e. The molecule has 1 aromatic carbocycles. The minimum absolute atomic E-state index is 0.0616. The first-order valence-electron chi connectivity index (χ1n) is 6.71. The molecule has 0 bridgehead atoms. The normalized spacial score (nSPS) is 10.9. The maximum atomic E-state index is 12.8. The molecular weight excluding hydrogens is 273 g/mol. The lowest BCUT2D eigenvalue weighted by atomic mass is 10.3. The van der Waals surface area contributed by atoms with Gasteiger partial charge >= 0.3 is 0 Å². The van der Waals surface area contributed by atoms with Crippen LogP contribution in [0.5, 0.6) is 0 Å². The van der Waals surface area contributed by atoms with Crippen LogP contribution in [0.4, 0.5) is 10.1 Å². The number of rotatable bonds is 6. The molecule has 7 heteroatoms. The van der Waals surface area contributed by atoms with Gasteiger partial charge < -0.3 is 10.6 Å². The highest BCUT2D eigenvalue weighted by molar-refractivity contribution is 5.90. The quantitative estimate of drug-likeness (QED) is 0.847. The van der Waals surface area contributed by atoms with E-state index in [9.17, 15) is 9.18 Å². The molecule has 112 valence electrons. The van der Waals surface area contributed by atoms with Crippen LogP contribution < -0.4 is 10.6 Å². The highest BCUT2D eigenvalue weighted by atomic mass is 19.1. The number of nitrogens with one attached hydrogen (secondary N) is 2. The van der Waals surface area contributed by atoms with E-state index in [2.05, 4.69) is 20.9 Å². The Morgan fingerprint density at radius 1 is 1.33 bits per heavy atom. The SMILES string of the molecule is CC(C)NCc1cn(CC(=O)Nc2ccc(F)cc2)nn1. The number of aromatic nitrogens is 3. The Balaban J connectivity index is 1.86. The van der Waals surface area contributed by atoms with E-state index >= 15 is 0 Å². The van der Waals surface area contributed by atoms with Gasteiger partial charge in [-0.15, -0.1) is 5.10 Å². The summed E-state index contributed by atoms with van der Waals surface area (Å²) in [4.78, 5) is 11.8. The third-order valence-electron chi connectivity index (χ3n) is 2.71. The molecule has 0 spiro atoms.